The summed E-state index contributed by atoms with van der Waals surface area (Å²) in [6, 6.07) is 10.1. The molecule has 0 unspecified atom stereocenters. The first-order valence-corrected chi connectivity index (χ1v) is 9.05. The van der Waals surface area contributed by atoms with Gasteiger partial charge in [0.2, 0.25) is 0 Å². The van der Waals surface area contributed by atoms with E-state index >= 15 is 0 Å². The minimum Gasteiger partial charge on any atom is -0.341 e. The highest BCUT2D eigenvalue weighted by atomic mass is 35.5. The standard InChI is InChI=1S/C19H25ClN4S/c1-14-5-6-18(17(20)13-14)22-19(25)24(12-11-23(3)4)15(2)16-7-9-21-10-8-16/h5-10,13,15H,11-12H2,1-4H3,(H,22,25)/t15-/m0/s1. The molecule has 0 aliphatic heterocycles. The molecule has 0 amide bonds. The molecule has 1 heterocycles. The van der Waals surface area contributed by atoms with E-state index in [1.165, 1.54) is 5.56 Å². The summed E-state index contributed by atoms with van der Waals surface area (Å²) in [5.41, 5.74) is 3.12. The van der Waals surface area contributed by atoms with Crippen LogP contribution in [0.1, 0.15) is 24.1 Å². The van der Waals surface area contributed by atoms with Crippen LogP contribution in [0.15, 0.2) is 42.7 Å². The van der Waals surface area contributed by atoms with E-state index in [0.29, 0.717) is 10.1 Å². The third-order valence-electron chi connectivity index (χ3n) is 4.07. The first-order chi connectivity index (χ1) is 11.9. The molecule has 4 nitrogen and oxygen atoms in total. The van der Waals surface area contributed by atoms with Crippen LogP contribution in [-0.4, -0.2) is 47.1 Å². The molecule has 0 bridgehead atoms. The molecular formula is C19H25ClN4S. The molecule has 1 atom stereocenters. The van der Waals surface area contributed by atoms with E-state index in [2.05, 4.69) is 41.1 Å². The van der Waals surface area contributed by atoms with Crippen LogP contribution in [-0.2, 0) is 0 Å². The molecule has 134 valence electrons. The molecule has 2 rings (SSSR count). The normalized spacial score (nSPS) is 12.1. The maximum absolute atomic E-state index is 6.35. The molecule has 0 saturated carbocycles. The largest absolute Gasteiger partial charge is 0.341 e. The predicted molar refractivity (Wildman–Crippen MR) is 110 cm³/mol. The van der Waals surface area contributed by atoms with Gasteiger partial charge in [-0.2, -0.15) is 0 Å². The lowest BCUT2D eigenvalue weighted by Crippen LogP contribution is -2.41. The van der Waals surface area contributed by atoms with E-state index in [4.69, 9.17) is 23.8 Å². The van der Waals surface area contributed by atoms with Crippen LogP contribution in [0.2, 0.25) is 5.02 Å². The summed E-state index contributed by atoms with van der Waals surface area (Å²) in [6.07, 6.45) is 3.62. The molecule has 1 aromatic heterocycles. The Morgan fingerprint density at radius 3 is 2.48 bits per heavy atom. The van der Waals surface area contributed by atoms with Crippen molar-refractivity contribution in [2.75, 3.05) is 32.5 Å². The van der Waals surface area contributed by atoms with Crippen LogP contribution in [0.5, 0.6) is 0 Å². The minimum atomic E-state index is 0.132. The third kappa shape index (κ3) is 5.66. The SMILES string of the molecule is Cc1ccc(NC(=S)N(CCN(C)C)[C@@H](C)c2ccncc2)c(Cl)c1. The van der Waals surface area contributed by atoms with Crippen molar-refractivity contribution in [1.82, 2.24) is 14.8 Å². The summed E-state index contributed by atoms with van der Waals surface area (Å²) in [7, 11) is 4.12. The Balaban J connectivity index is 2.20. The number of hydrogen-bond acceptors (Lipinski definition) is 3. The molecule has 0 aliphatic carbocycles. The fourth-order valence-corrected chi connectivity index (χ4v) is 3.15. The van der Waals surface area contributed by atoms with Gasteiger partial charge < -0.3 is 15.1 Å². The van der Waals surface area contributed by atoms with Gasteiger partial charge in [0.05, 0.1) is 16.8 Å². The highest BCUT2D eigenvalue weighted by molar-refractivity contribution is 7.80. The molecular weight excluding hydrogens is 352 g/mol. The third-order valence-corrected chi connectivity index (χ3v) is 4.72. The molecule has 2 aromatic rings. The quantitative estimate of drug-likeness (QED) is 0.757. The van der Waals surface area contributed by atoms with E-state index in [1.54, 1.807) is 0 Å². The molecule has 25 heavy (non-hydrogen) atoms. The highest BCUT2D eigenvalue weighted by Gasteiger charge is 2.19. The van der Waals surface area contributed by atoms with Crippen LogP contribution < -0.4 is 5.32 Å². The summed E-state index contributed by atoms with van der Waals surface area (Å²) in [5, 5.41) is 4.64. The first-order valence-electron chi connectivity index (χ1n) is 8.27. The number of nitrogens with zero attached hydrogens (tertiary/aromatic N) is 3. The van der Waals surface area contributed by atoms with Gasteiger partial charge in [-0.25, -0.2) is 0 Å². The number of anilines is 1. The van der Waals surface area contributed by atoms with Crippen molar-refractivity contribution in [1.29, 1.82) is 0 Å². The van der Waals surface area contributed by atoms with Gasteiger partial charge in [0.25, 0.3) is 0 Å². The number of halogens is 1. The molecule has 0 fully saturated rings. The van der Waals surface area contributed by atoms with Crippen LogP contribution in [0.4, 0.5) is 5.69 Å². The number of rotatable bonds is 6. The zero-order valence-electron chi connectivity index (χ0n) is 15.2. The monoisotopic (exact) mass is 376 g/mol. The Morgan fingerprint density at radius 2 is 1.88 bits per heavy atom. The summed E-state index contributed by atoms with van der Waals surface area (Å²) in [5.74, 6) is 0. The fraction of sp³-hybridized carbons (Fsp3) is 0.368. The maximum Gasteiger partial charge on any atom is 0.174 e. The predicted octanol–water partition coefficient (Wildman–Crippen LogP) is 4.37. The van der Waals surface area contributed by atoms with E-state index in [9.17, 15) is 0 Å². The van der Waals surface area contributed by atoms with Gasteiger partial charge in [0.1, 0.15) is 0 Å². The minimum absolute atomic E-state index is 0.132. The molecule has 6 heteroatoms. The number of aromatic nitrogens is 1. The highest BCUT2D eigenvalue weighted by Crippen LogP contribution is 2.25. The van der Waals surface area contributed by atoms with Crippen LogP contribution >= 0.6 is 23.8 Å². The van der Waals surface area contributed by atoms with Gasteiger partial charge in [0.15, 0.2) is 5.11 Å². The van der Waals surface area contributed by atoms with Crippen molar-refractivity contribution in [3.63, 3.8) is 0 Å². The Bertz CT molecular complexity index is 706. The number of nitrogens with one attached hydrogen (secondary N) is 1. The lowest BCUT2D eigenvalue weighted by atomic mass is 10.1. The van der Waals surface area contributed by atoms with Crippen molar-refractivity contribution in [2.24, 2.45) is 0 Å². The van der Waals surface area contributed by atoms with E-state index < -0.39 is 0 Å². The lowest BCUT2D eigenvalue weighted by Gasteiger charge is -2.33. The van der Waals surface area contributed by atoms with Crippen molar-refractivity contribution in [3.8, 4) is 0 Å². The number of benzene rings is 1. The number of hydrogen-bond donors (Lipinski definition) is 1. The van der Waals surface area contributed by atoms with Gasteiger partial charge in [0, 0.05) is 25.5 Å². The number of aryl methyl sites for hydroxylation is 1. The van der Waals surface area contributed by atoms with Gasteiger partial charge in [-0.05, 0) is 75.6 Å². The van der Waals surface area contributed by atoms with Crippen molar-refractivity contribution in [3.05, 3.63) is 58.9 Å². The number of likely N-dealkylation sites (N-methyl/N-ethyl adjacent to an activating group) is 1. The first kappa shape index (κ1) is 19.6. The van der Waals surface area contributed by atoms with E-state index in [0.717, 1.165) is 24.3 Å². The van der Waals surface area contributed by atoms with Crippen molar-refractivity contribution in [2.45, 2.75) is 19.9 Å². The average molecular weight is 377 g/mol. The van der Waals surface area contributed by atoms with Gasteiger partial charge in [-0.15, -0.1) is 0 Å². The molecule has 0 aliphatic rings. The Hall–Kier alpha value is -1.69. The van der Waals surface area contributed by atoms with Gasteiger partial charge >= 0.3 is 0 Å². The van der Waals surface area contributed by atoms with Crippen LogP contribution in [0, 0.1) is 6.92 Å². The van der Waals surface area contributed by atoms with Crippen LogP contribution in [0.25, 0.3) is 0 Å². The van der Waals surface area contributed by atoms with Crippen LogP contribution in [0.3, 0.4) is 0 Å². The van der Waals surface area contributed by atoms with Gasteiger partial charge in [-0.3, -0.25) is 4.98 Å². The average Bonchev–Trinajstić information content (AvgIpc) is 2.58. The molecule has 1 N–H and O–H groups in total. The van der Waals surface area contributed by atoms with E-state index in [1.807, 2.05) is 49.6 Å². The van der Waals surface area contributed by atoms with Crippen molar-refractivity contribution < 1.29 is 0 Å². The summed E-state index contributed by atoms with van der Waals surface area (Å²) < 4.78 is 0. The molecule has 0 saturated heterocycles. The zero-order chi connectivity index (χ0) is 18.4. The number of thiocarbonyl (C=S) groups is 1. The van der Waals surface area contributed by atoms with Crippen molar-refractivity contribution >= 4 is 34.6 Å². The maximum atomic E-state index is 6.35. The Morgan fingerprint density at radius 1 is 1.20 bits per heavy atom. The number of pyridine rings is 1. The second-order valence-electron chi connectivity index (χ2n) is 6.37. The fourth-order valence-electron chi connectivity index (χ4n) is 2.51. The second-order valence-corrected chi connectivity index (χ2v) is 7.16. The molecule has 0 radical (unpaired) electrons. The molecule has 1 aromatic carbocycles. The summed E-state index contributed by atoms with van der Waals surface area (Å²) >= 11 is 12.0. The Kier molecular flexibility index (Phi) is 7.17. The molecule has 0 spiro atoms. The Labute approximate surface area is 160 Å². The van der Waals surface area contributed by atoms with Gasteiger partial charge in [-0.1, -0.05) is 17.7 Å². The summed E-state index contributed by atoms with van der Waals surface area (Å²) in [4.78, 5) is 8.43. The topological polar surface area (TPSA) is 31.4 Å². The second kappa shape index (κ2) is 9.13. The summed E-state index contributed by atoms with van der Waals surface area (Å²) in [6.45, 7) is 5.88. The lowest BCUT2D eigenvalue weighted by molar-refractivity contribution is 0.289. The van der Waals surface area contributed by atoms with E-state index in [-0.39, 0.29) is 6.04 Å². The smallest absolute Gasteiger partial charge is 0.174 e. The zero-order valence-corrected chi connectivity index (χ0v) is 16.7.